The van der Waals surface area contributed by atoms with Crippen molar-refractivity contribution in [2.45, 2.75) is 10.8 Å². The molecule has 1 aliphatic heterocycles. The molecule has 0 bridgehead atoms. The van der Waals surface area contributed by atoms with E-state index >= 15 is 0 Å². The van der Waals surface area contributed by atoms with Gasteiger partial charge in [0.25, 0.3) is 0 Å². The summed E-state index contributed by atoms with van der Waals surface area (Å²) < 4.78 is 7.16. The SMILES string of the molecule is c1ccc(C2(c3ccccc3)c3ccccc3Oc3c(-c4ccccc4C4(c5ccccc5)c5ccccc5-c5ccccc54)cccc32)cc1. The van der Waals surface area contributed by atoms with Crippen LogP contribution < -0.4 is 4.74 Å². The van der Waals surface area contributed by atoms with Crippen molar-refractivity contribution in [3.63, 3.8) is 0 Å². The van der Waals surface area contributed by atoms with Crippen LogP contribution in [0, 0.1) is 0 Å². The van der Waals surface area contributed by atoms with Gasteiger partial charge in [-0.25, -0.2) is 0 Å². The van der Waals surface area contributed by atoms with E-state index in [4.69, 9.17) is 4.74 Å². The summed E-state index contributed by atoms with van der Waals surface area (Å²) >= 11 is 0. The molecule has 1 heteroatoms. The maximum atomic E-state index is 7.16. The minimum absolute atomic E-state index is 0.545. The first kappa shape index (κ1) is 29.5. The first-order valence-electron chi connectivity index (χ1n) is 17.7. The summed E-state index contributed by atoms with van der Waals surface area (Å²) in [5, 5.41) is 0. The summed E-state index contributed by atoms with van der Waals surface area (Å²) in [6.07, 6.45) is 0. The summed E-state index contributed by atoms with van der Waals surface area (Å²) in [6.45, 7) is 0. The molecule has 0 amide bonds. The van der Waals surface area contributed by atoms with E-state index in [1.165, 1.54) is 44.5 Å². The van der Waals surface area contributed by atoms with E-state index in [2.05, 4.69) is 206 Å². The van der Waals surface area contributed by atoms with Crippen molar-refractivity contribution >= 4 is 0 Å². The molecule has 0 saturated carbocycles. The van der Waals surface area contributed by atoms with Gasteiger partial charge in [0.2, 0.25) is 0 Å². The fourth-order valence-corrected chi connectivity index (χ4v) is 9.16. The molecule has 0 radical (unpaired) electrons. The number of hydrogen-bond acceptors (Lipinski definition) is 1. The fraction of sp³-hybridized carbons (Fsp3) is 0.0400. The molecule has 0 unspecified atom stereocenters. The summed E-state index contributed by atoms with van der Waals surface area (Å²) in [5.74, 6) is 1.76. The highest BCUT2D eigenvalue weighted by molar-refractivity contribution is 5.90. The summed E-state index contributed by atoms with van der Waals surface area (Å²) in [7, 11) is 0. The second-order valence-corrected chi connectivity index (χ2v) is 13.5. The topological polar surface area (TPSA) is 9.23 Å². The van der Waals surface area contributed by atoms with Crippen LogP contribution in [0.15, 0.2) is 206 Å². The predicted octanol–water partition coefficient (Wildman–Crippen LogP) is 12.2. The minimum Gasteiger partial charge on any atom is -0.456 e. The number of fused-ring (bicyclic) bond motifs is 5. The van der Waals surface area contributed by atoms with Crippen molar-refractivity contribution in [3.8, 4) is 33.8 Å². The van der Waals surface area contributed by atoms with E-state index in [0.29, 0.717) is 0 Å². The Bertz CT molecular complexity index is 2460. The third-order valence-electron chi connectivity index (χ3n) is 11.1. The van der Waals surface area contributed by atoms with Crippen molar-refractivity contribution in [1.29, 1.82) is 0 Å². The molecule has 0 fully saturated rings. The largest absolute Gasteiger partial charge is 0.456 e. The molecule has 8 aromatic carbocycles. The van der Waals surface area contributed by atoms with E-state index in [9.17, 15) is 0 Å². The van der Waals surface area contributed by atoms with E-state index in [1.54, 1.807) is 0 Å². The quantitative estimate of drug-likeness (QED) is 0.180. The predicted molar refractivity (Wildman–Crippen MR) is 208 cm³/mol. The Balaban J connectivity index is 1.32. The van der Waals surface area contributed by atoms with Gasteiger partial charge in [0.15, 0.2) is 0 Å². The maximum Gasteiger partial charge on any atom is 0.140 e. The molecule has 2 aliphatic rings. The Hall–Kier alpha value is -6.44. The molecule has 0 saturated heterocycles. The van der Waals surface area contributed by atoms with Gasteiger partial charge in [-0.3, -0.25) is 0 Å². The lowest BCUT2D eigenvalue weighted by Crippen LogP contribution is -2.34. The van der Waals surface area contributed by atoms with Gasteiger partial charge in [0, 0.05) is 16.7 Å². The van der Waals surface area contributed by atoms with Gasteiger partial charge in [-0.1, -0.05) is 200 Å². The highest BCUT2D eigenvalue weighted by Gasteiger charge is 2.49. The molecule has 8 aromatic rings. The molecule has 240 valence electrons. The summed E-state index contributed by atoms with van der Waals surface area (Å²) in [6, 6.07) is 75.0. The second kappa shape index (κ2) is 11.6. The van der Waals surface area contributed by atoms with Crippen LogP contribution in [0.2, 0.25) is 0 Å². The Morgan fingerprint density at radius 1 is 0.255 bits per heavy atom. The zero-order valence-electron chi connectivity index (χ0n) is 28.0. The van der Waals surface area contributed by atoms with Crippen LogP contribution in [0.5, 0.6) is 11.5 Å². The lowest BCUT2D eigenvalue weighted by molar-refractivity contribution is 0.436. The summed E-state index contributed by atoms with van der Waals surface area (Å²) in [5.41, 5.74) is 13.4. The third kappa shape index (κ3) is 4.09. The number of rotatable bonds is 5. The summed E-state index contributed by atoms with van der Waals surface area (Å²) in [4.78, 5) is 0. The van der Waals surface area contributed by atoms with E-state index in [0.717, 1.165) is 33.8 Å². The van der Waals surface area contributed by atoms with Crippen LogP contribution in [-0.4, -0.2) is 0 Å². The minimum atomic E-state index is -0.596. The second-order valence-electron chi connectivity index (χ2n) is 13.5. The van der Waals surface area contributed by atoms with Gasteiger partial charge in [-0.15, -0.1) is 0 Å². The van der Waals surface area contributed by atoms with Crippen molar-refractivity contribution in [2.75, 3.05) is 0 Å². The van der Waals surface area contributed by atoms with Crippen LogP contribution in [0.3, 0.4) is 0 Å². The van der Waals surface area contributed by atoms with E-state index in [-0.39, 0.29) is 0 Å². The Kier molecular flexibility index (Phi) is 6.69. The van der Waals surface area contributed by atoms with Gasteiger partial charge in [0.1, 0.15) is 11.5 Å². The normalized spacial score (nSPS) is 14.4. The average Bonchev–Trinajstić information content (AvgIpc) is 3.52. The molecular formula is C50H34O. The first-order chi connectivity index (χ1) is 25.3. The smallest absolute Gasteiger partial charge is 0.140 e. The third-order valence-corrected chi connectivity index (χ3v) is 11.1. The van der Waals surface area contributed by atoms with Crippen molar-refractivity contribution in [2.24, 2.45) is 0 Å². The van der Waals surface area contributed by atoms with Gasteiger partial charge in [-0.05, 0) is 56.1 Å². The molecule has 1 nitrogen and oxygen atoms in total. The number of ether oxygens (including phenoxy) is 1. The van der Waals surface area contributed by atoms with E-state index in [1.807, 2.05) is 0 Å². The Labute approximate surface area is 299 Å². The number of benzene rings is 8. The molecule has 0 N–H and O–H groups in total. The molecule has 1 heterocycles. The highest BCUT2D eigenvalue weighted by atomic mass is 16.5. The van der Waals surface area contributed by atoms with Gasteiger partial charge in [-0.2, -0.15) is 0 Å². The molecule has 10 rings (SSSR count). The lowest BCUT2D eigenvalue weighted by Gasteiger charge is -2.42. The standard InChI is InChI=1S/C50H34O/c1-4-19-35(20-5-1)49(36-21-6-2-7-22-36)45-32-16-17-34-47(45)51-48-41(28-18-33-46(48)49)40-27-12-15-31-44(40)50(37-23-8-3-9-24-37)42-29-13-10-25-38(42)39-26-11-14-30-43(39)50/h1-34H. The lowest BCUT2D eigenvalue weighted by atomic mass is 9.62. The van der Waals surface area contributed by atoms with Crippen LogP contribution in [-0.2, 0) is 10.8 Å². The van der Waals surface area contributed by atoms with Gasteiger partial charge >= 0.3 is 0 Å². The Morgan fingerprint density at radius 3 is 1.12 bits per heavy atom. The van der Waals surface area contributed by atoms with Crippen LogP contribution in [0.25, 0.3) is 22.3 Å². The average molecular weight is 651 g/mol. The molecule has 0 atom stereocenters. The van der Waals surface area contributed by atoms with Crippen molar-refractivity contribution in [3.05, 3.63) is 251 Å². The first-order valence-corrected chi connectivity index (χ1v) is 17.7. The van der Waals surface area contributed by atoms with Crippen LogP contribution >= 0.6 is 0 Å². The van der Waals surface area contributed by atoms with Crippen LogP contribution in [0.4, 0.5) is 0 Å². The van der Waals surface area contributed by atoms with E-state index < -0.39 is 10.8 Å². The fourth-order valence-electron chi connectivity index (χ4n) is 9.16. The number of para-hydroxylation sites is 2. The molecular weight excluding hydrogens is 617 g/mol. The molecule has 1 aliphatic carbocycles. The molecule has 0 spiro atoms. The van der Waals surface area contributed by atoms with Gasteiger partial charge in [0.05, 0.1) is 10.8 Å². The number of hydrogen-bond donors (Lipinski definition) is 0. The van der Waals surface area contributed by atoms with Crippen molar-refractivity contribution < 1.29 is 4.74 Å². The molecule has 51 heavy (non-hydrogen) atoms. The van der Waals surface area contributed by atoms with Gasteiger partial charge < -0.3 is 4.74 Å². The zero-order chi connectivity index (χ0) is 33.8. The maximum absolute atomic E-state index is 7.16. The Morgan fingerprint density at radius 2 is 0.608 bits per heavy atom. The molecule has 0 aromatic heterocycles. The highest BCUT2D eigenvalue weighted by Crippen LogP contribution is 2.61. The zero-order valence-corrected chi connectivity index (χ0v) is 28.0. The van der Waals surface area contributed by atoms with Crippen molar-refractivity contribution in [1.82, 2.24) is 0 Å². The van der Waals surface area contributed by atoms with Crippen LogP contribution in [0.1, 0.15) is 44.5 Å². The monoisotopic (exact) mass is 650 g/mol.